The van der Waals surface area contributed by atoms with Gasteiger partial charge < -0.3 is 10.2 Å². The Hall–Kier alpha value is -3.16. The highest BCUT2D eigenvalue weighted by atomic mass is 16.6. The molecule has 2 rings (SSSR count). The first-order valence-electron chi connectivity index (χ1n) is 9.72. The molecule has 29 heavy (non-hydrogen) atoms. The summed E-state index contributed by atoms with van der Waals surface area (Å²) in [5, 5.41) is 42.5. The number of hydrogen-bond donors (Lipinski definition) is 2. The Morgan fingerprint density at radius 1 is 0.793 bits per heavy atom. The van der Waals surface area contributed by atoms with Crippen molar-refractivity contribution in [2.75, 3.05) is 0 Å². The van der Waals surface area contributed by atoms with E-state index in [1.807, 2.05) is 13.8 Å². The molecule has 2 N–H and O–H groups in total. The quantitative estimate of drug-likeness (QED) is 0.394. The SMILES string of the molecule is CCCCC(CCCC)(c1ccc(O)c([N+](=O)[O-])c1)c1ccc(O)c([N+](=O)[O-])c1. The van der Waals surface area contributed by atoms with Crippen LogP contribution in [0.15, 0.2) is 36.4 Å². The molecule has 0 bridgehead atoms. The van der Waals surface area contributed by atoms with Crippen molar-refractivity contribution in [1.82, 2.24) is 0 Å². The van der Waals surface area contributed by atoms with Crippen LogP contribution in [-0.2, 0) is 5.41 Å². The molecule has 0 unspecified atom stereocenters. The molecule has 8 nitrogen and oxygen atoms in total. The Balaban J connectivity index is 2.77. The highest BCUT2D eigenvalue weighted by Gasteiger charge is 2.36. The van der Waals surface area contributed by atoms with E-state index in [0.717, 1.165) is 25.7 Å². The number of nitro benzene ring substituents is 2. The largest absolute Gasteiger partial charge is 0.502 e. The molecule has 156 valence electrons. The van der Waals surface area contributed by atoms with E-state index >= 15 is 0 Å². The van der Waals surface area contributed by atoms with Crippen molar-refractivity contribution < 1.29 is 20.1 Å². The molecule has 8 heteroatoms. The second-order valence-electron chi connectivity index (χ2n) is 7.21. The van der Waals surface area contributed by atoms with Gasteiger partial charge in [0, 0.05) is 17.5 Å². The number of unbranched alkanes of at least 4 members (excludes halogenated alkanes) is 2. The van der Waals surface area contributed by atoms with E-state index < -0.39 is 38.1 Å². The average Bonchev–Trinajstić information content (AvgIpc) is 2.69. The van der Waals surface area contributed by atoms with Crippen LogP contribution in [0, 0.1) is 20.2 Å². The first-order valence-corrected chi connectivity index (χ1v) is 9.72. The van der Waals surface area contributed by atoms with Crippen molar-refractivity contribution in [2.24, 2.45) is 0 Å². The van der Waals surface area contributed by atoms with Crippen molar-refractivity contribution in [3.63, 3.8) is 0 Å². The normalized spacial score (nSPS) is 11.4. The molecular weight excluding hydrogens is 376 g/mol. The summed E-state index contributed by atoms with van der Waals surface area (Å²) in [6.45, 7) is 4.06. The molecule has 0 spiro atoms. The molecule has 2 aromatic rings. The first kappa shape index (κ1) is 22.1. The third-order valence-electron chi connectivity index (χ3n) is 5.36. The highest BCUT2D eigenvalue weighted by Crippen LogP contribution is 2.46. The molecule has 0 aliphatic rings. The van der Waals surface area contributed by atoms with Gasteiger partial charge in [-0.3, -0.25) is 20.2 Å². The summed E-state index contributed by atoms with van der Waals surface area (Å²) < 4.78 is 0. The van der Waals surface area contributed by atoms with Gasteiger partial charge in [-0.25, -0.2) is 0 Å². The Morgan fingerprint density at radius 3 is 1.48 bits per heavy atom. The fourth-order valence-electron chi connectivity index (χ4n) is 3.76. The van der Waals surface area contributed by atoms with Crippen LogP contribution in [0.5, 0.6) is 11.5 Å². The monoisotopic (exact) mass is 402 g/mol. The van der Waals surface area contributed by atoms with Crippen molar-refractivity contribution in [1.29, 1.82) is 0 Å². The lowest BCUT2D eigenvalue weighted by molar-refractivity contribution is -0.386. The summed E-state index contributed by atoms with van der Waals surface area (Å²) >= 11 is 0. The molecule has 0 aromatic heterocycles. The minimum atomic E-state index is -0.705. The summed E-state index contributed by atoms with van der Waals surface area (Å²) in [4.78, 5) is 21.5. The fourth-order valence-corrected chi connectivity index (χ4v) is 3.76. The Bertz CT molecular complexity index is 823. The predicted molar refractivity (Wildman–Crippen MR) is 109 cm³/mol. The number of phenols is 2. The lowest BCUT2D eigenvalue weighted by Crippen LogP contribution is -2.28. The predicted octanol–water partition coefficient (Wildman–Crippen LogP) is 5.58. The second-order valence-corrected chi connectivity index (χ2v) is 7.21. The van der Waals surface area contributed by atoms with E-state index in [0.29, 0.717) is 24.0 Å². The van der Waals surface area contributed by atoms with Gasteiger partial charge in [0.1, 0.15) is 0 Å². The van der Waals surface area contributed by atoms with Gasteiger partial charge in [0.15, 0.2) is 11.5 Å². The number of benzene rings is 2. The van der Waals surface area contributed by atoms with Crippen LogP contribution in [0.1, 0.15) is 63.5 Å². The summed E-state index contributed by atoms with van der Waals surface area (Å²) in [7, 11) is 0. The molecule has 0 heterocycles. The Morgan fingerprint density at radius 2 is 1.17 bits per heavy atom. The van der Waals surface area contributed by atoms with E-state index in [9.17, 15) is 30.4 Å². The van der Waals surface area contributed by atoms with E-state index in [1.54, 1.807) is 12.1 Å². The van der Waals surface area contributed by atoms with Gasteiger partial charge in [-0.1, -0.05) is 51.7 Å². The standard InChI is InChI=1S/C21H26N2O6/c1-3-5-11-21(12-6-4-2,15-7-9-19(24)17(13-15)22(26)27)16-8-10-20(25)18(14-16)23(28)29/h7-10,13-14,24-25H,3-6,11-12H2,1-2H3. The maximum atomic E-state index is 11.4. The van der Waals surface area contributed by atoms with Gasteiger partial charge >= 0.3 is 11.4 Å². The molecule has 0 aliphatic heterocycles. The molecule has 0 atom stereocenters. The summed E-state index contributed by atoms with van der Waals surface area (Å²) in [6.07, 6.45) is 4.66. The third kappa shape index (κ3) is 4.64. The van der Waals surface area contributed by atoms with Crippen molar-refractivity contribution >= 4 is 11.4 Å². The van der Waals surface area contributed by atoms with E-state index in [4.69, 9.17) is 0 Å². The molecule has 0 saturated heterocycles. The van der Waals surface area contributed by atoms with E-state index in [-0.39, 0.29) is 0 Å². The van der Waals surface area contributed by atoms with Crippen LogP contribution in [0.25, 0.3) is 0 Å². The average molecular weight is 402 g/mol. The second kappa shape index (κ2) is 9.36. The number of hydrogen-bond acceptors (Lipinski definition) is 6. The maximum absolute atomic E-state index is 11.4. The molecule has 0 aliphatic carbocycles. The molecule has 0 fully saturated rings. The zero-order valence-electron chi connectivity index (χ0n) is 16.6. The smallest absolute Gasteiger partial charge is 0.310 e. The zero-order valence-corrected chi connectivity index (χ0v) is 16.6. The fraction of sp³-hybridized carbons (Fsp3) is 0.429. The van der Waals surface area contributed by atoms with Gasteiger partial charge in [0.25, 0.3) is 0 Å². The number of rotatable bonds is 10. The Kier molecular flexibility index (Phi) is 7.14. The lowest BCUT2D eigenvalue weighted by atomic mass is 9.68. The molecule has 0 amide bonds. The third-order valence-corrected chi connectivity index (χ3v) is 5.36. The van der Waals surface area contributed by atoms with Crippen molar-refractivity contribution in [3.8, 4) is 11.5 Å². The van der Waals surface area contributed by atoms with Gasteiger partial charge in [0.05, 0.1) is 9.85 Å². The first-order chi connectivity index (χ1) is 13.8. The number of aromatic hydroxyl groups is 2. The van der Waals surface area contributed by atoms with Crippen molar-refractivity contribution in [3.05, 3.63) is 67.8 Å². The van der Waals surface area contributed by atoms with Crippen molar-refractivity contribution in [2.45, 2.75) is 57.8 Å². The molecule has 0 saturated carbocycles. The topological polar surface area (TPSA) is 127 Å². The van der Waals surface area contributed by atoms with Crippen LogP contribution in [-0.4, -0.2) is 20.1 Å². The minimum Gasteiger partial charge on any atom is -0.502 e. The summed E-state index contributed by atoms with van der Waals surface area (Å²) in [5.41, 5.74) is -0.239. The van der Waals surface area contributed by atoms with Gasteiger partial charge in [-0.2, -0.15) is 0 Å². The molecule has 0 radical (unpaired) electrons. The van der Waals surface area contributed by atoms with Crippen LogP contribution in [0.2, 0.25) is 0 Å². The number of phenolic OH excluding ortho intramolecular Hbond substituents is 2. The zero-order chi connectivity index (χ0) is 21.6. The highest BCUT2D eigenvalue weighted by molar-refractivity contribution is 5.55. The maximum Gasteiger partial charge on any atom is 0.310 e. The van der Waals surface area contributed by atoms with Crippen LogP contribution in [0.4, 0.5) is 11.4 Å². The number of nitro groups is 2. The van der Waals surface area contributed by atoms with Crippen LogP contribution in [0.3, 0.4) is 0 Å². The summed E-state index contributed by atoms with van der Waals surface area (Å²) in [6, 6.07) is 8.61. The van der Waals surface area contributed by atoms with Gasteiger partial charge in [-0.15, -0.1) is 0 Å². The Labute approximate surface area is 169 Å². The molecular formula is C21H26N2O6. The van der Waals surface area contributed by atoms with Gasteiger partial charge in [0.2, 0.25) is 0 Å². The van der Waals surface area contributed by atoms with Gasteiger partial charge in [-0.05, 0) is 36.1 Å². The van der Waals surface area contributed by atoms with E-state index in [1.165, 1.54) is 24.3 Å². The molecule has 2 aromatic carbocycles. The van der Waals surface area contributed by atoms with Crippen LogP contribution >= 0.6 is 0 Å². The van der Waals surface area contributed by atoms with Crippen LogP contribution < -0.4 is 0 Å². The number of nitrogens with zero attached hydrogens (tertiary/aromatic N) is 2. The summed E-state index contributed by atoms with van der Waals surface area (Å²) in [5.74, 6) is -0.842. The van der Waals surface area contributed by atoms with E-state index in [2.05, 4.69) is 0 Å². The minimum absolute atomic E-state index is 0.395. The lowest BCUT2D eigenvalue weighted by Gasteiger charge is -2.35.